The van der Waals surface area contributed by atoms with E-state index in [1.165, 1.54) is 10.4 Å². The van der Waals surface area contributed by atoms with Crippen LogP contribution in [-0.2, 0) is 19.5 Å². The average molecular weight is 272 g/mol. The third-order valence-electron chi connectivity index (χ3n) is 3.43. The second-order valence-electron chi connectivity index (χ2n) is 4.75. The summed E-state index contributed by atoms with van der Waals surface area (Å²) in [5.41, 5.74) is 8.66. The van der Waals surface area contributed by atoms with Crippen LogP contribution in [0.1, 0.15) is 21.7 Å². The monoisotopic (exact) mass is 272 g/mol. The highest BCUT2D eigenvalue weighted by Gasteiger charge is 2.18. The number of hydrogen-bond acceptors (Lipinski definition) is 4. The number of fused-ring (bicyclic) bond motifs is 1. The molecule has 0 atom stereocenters. The van der Waals surface area contributed by atoms with Gasteiger partial charge in [-0.15, -0.1) is 11.3 Å². The SMILES string of the molecule is N=C(N)c1ncccc1CN1CCc2sccc2C1. The van der Waals surface area contributed by atoms with E-state index in [1.807, 2.05) is 23.5 Å². The Bertz CT molecular complexity index is 605. The Morgan fingerprint density at radius 3 is 3.21 bits per heavy atom. The van der Waals surface area contributed by atoms with E-state index in [0.717, 1.165) is 31.6 Å². The number of nitrogens with zero attached hydrogens (tertiary/aromatic N) is 2. The van der Waals surface area contributed by atoms with Crippen LogP contribution >= 0.6 is 11.3 Å². The van der Waals surface area contributed by atoms with E-state index in [9.17, 15) is 0 Å². The van der Waals surface area contributed by atoms with Crippen molar-refractivity contribution in [3.8, 4) is 0 Å². The standard InChI is InChI=1S/C14H16N4S/c15-14(16)13-11(2-1-5-17-13)9-18-6-3-12-10(8-18)4-7-19-12/h1-2,4-5,7H,3,6,8-9H2,(H3,15,16). The summed E-state index contributed by atoms with van der Waals surface area (Å²) in [5, 5.41) is 9.75. The molecule has 3 rings (SSSR count). The molecule has 1 aliphatic rings. The van der Waals surface area contributed by atoms with E-state index in [0.29, 0.717) is 5.69 Å². The molecule has 19 heavy (non-hydrogen) atoms. The second-order valence-corrected chi connectivity index (χ2v) is 5.76. The summed E-state index contributed by atoms with van der Waals surface area (Å²) in [4.78, 5) is 8.10. The largest absolute Gasteiger partial charge is 0.382 e. The van der Waals surface area contributed by atoms with Gasteiger partial charge >= 0.3 is 0 Å². The lowest BCUT2D eigenvalue weighted by Crippen LogP contribution is -2.30. The molecule has 5 heteroatoms. The third-order valence-corrected chi connectivity index (χ3v) is 4.45. The van der Waals surface area contributed by atoms with Crippen molar-refractivity contribution >= 4 is 17.2 Å². The number of rotatable bonds is 3. The minimum atomic E-state index is 0.0452. The molecular formula is C14H16N4S. The number of thiophene rings is 1. The number of pyridine rings is 1. The molecule has 3 heterocycles. The zero-order chi connectivity index (χ0) is 13.2. The zero-order valence-corrected chi connectivity index (χ0v) is 11.4. The van der Waals surface area contributed by atoms with Crippen molar-refractivity contribution in [2.75, 3.05) is 6.54 Å². The van der Waals surface area contributed by atoms with Crippen LogP contribution in [0.25, 0.3) is 0 Å². The summed E-state index contributed by atoms with van der Waals surface area (Å²) in [7, 11) is 0. The summed E-state index contributed by atoms with van der Waals surface area (Å²) in [5.74, 6) is 0.0452. The smallest absolute Gasteiger partial charge is 0.142 e. The van der Waals surface area contributed by atoms with Gasteiger partial charge < -0.3 is 5.73 Å². The minimum absolute atomic E-state index is 0.0452. The van der Waals surface area contributed by atoms with Crippen LogP contribution in [0.2, 0.25) is 0 Å². The van der Waals surface area contributed by atoms with Gasteiger partial charge in [-0.05, 0) is 35.1 Å². The molecule has 0 radical (unpaired) electrons. The van der Waals surface area contributed by atoms with Crippen LogP contribution in [-0.4, -0.2) is 22.3 Å². The van der Waals surface area contributed by atoms with Crippen LogP contribution in [0.15, 0.2) is 29.8 Å². The van der Waals surface area contributed by atoms with Crippen molar-refractivity contribution in [3.05, 3.63) is 51.5 Å². The Morgan fingerprint density at radius 1 is 1.47 bits per heavy atom. The molecule has 2 aromatic heterocycles. The molecule has 0 unspecified atom stereocenters. The molecule has 98 valence electrons. The van der Waals surface area contributed by atoms with E-state index >= 15 is 0 Å². The summed E-state index contributed by atoms with van der Waals surface area (Å²) < 4.78 is 0. The molecule has 0 fully saturated rings. The first-order chi connectivity index (χ1) is 9.24. The van der Waals surface area contributed by atoms with Crippen LogP contribution in [0.5, 0.6) is 0 Å². The molecule has 0 saturated carbocycles. The van der Waals surface area contributed by atoms with Gasteiger partial charge in [-0.2, -0.15) is 0 Å². The molecule has 0 aliphatic carbocycles. The van der Waals surface area contributed by atoms with Crippen LogP contribution in [0.4, 0.5) is 0 Å². The van der Waals surface area contributed by atoms with Gasteiger partial charge in [-0.3, -0.25) is 15.3 Å². The first kappa shape index (κ1) is 12.3. The minimum Gasteiger partial charge on any atom is -0.382 e. The topological polar surface area (TPSA) is 66.0 Å². The Hall–Kier alpha value is -1.72. The van der Waals surface area contributed by atoms with E-state index in [1.54, 1.807) is 6.20 Å². The summed E-state index contributed by atoms with van der Waals surface area (Å²) in [6, 6.07) is 6.12. The summed E-state index contributed by atoms with van der Waals surface area (Å²) in [6.45, 7) is 2.84. The third kappa shape index (κ3) is 2.52. The fourth-order valence-corrected chi connectivity index (χ4v) is 3.38. The molecule has 0 aromatic carbocycles. The highest BCUT2D eigenvalue weighted by molar-refractivity contribution is 7.10. The van der Waals surface area contributed by atoms with Gasteiger partial charge in [0, 0.05) is 30.7 Å². The van der Waals surface area contributed by atoms with E-state index in [-0.39, 0.29) is 5.84 Å². The molecule has 1 aliphatic heterocycles. The molecule has 3 N–H and O–H groups in total. The number of aromatic nitrogens is 1. The lowest BCUT2D eigenvalue weighted by Gasteiger charge is -2.27. The maximum atomic E-state index is 7.58. The fourth-order valence-electron chi connectivity index (χ4n) is 2.49. The molecule has 2 aromatic rings. The first-order valence-electron chi connectivity index (χ1n) is 6.30. The Kier molecular flexibility index (Phi) is 3.31. The predicted molar refractivity (Wildman–Crippen MR) is 77.4 cm³/mol. The van der Waals surface area contributed by atoms with Gasteiger partial charge in [0.15, 0.2) is 0 Å². The van der Waals surface area contributed by atoms with Gasteiger partial charge in [0.2, 0.25) is 0 Å². The molecule has 0 saturated heterocycles. The Labute approximate surface area is 116 Å². The van der Waals surface area contributed by atoms with Crippen molar-refractivity contribution in [1.29, 1.82) is 5.41 Å². The summed E-state index contributed by atoms with van der Waals surface area (Å²) in [6.07, 6.45) is 2.80. The Balaban J connectivity index is 1.78. The van der Waals surface area contributed by atoms with Crippen LogP contribution in [0, 0.1) is 5.41 Å². The van der Waals surface area contributed by atoms with Gasteiger partial charge in [-0.25, -0.2) is 0 Å². The number of hydrogen-bond donors (Lipinski definition) is 2. The van der Waals surface area contributed by atoms with E-state index in [4.69, 9.17) is 11.1 Å². The molecule has 0 bridgehead atoms. The van der Waals surface area contributed by atoms with Gasteiger partial charge in [-0.1, -0.05) is 6.07 Å². The highest BCUT2D eigenvalue weighted by atomic mass is 32.1. The number of nitrogens with two attached hydrogens (primary N) is 1. The molecular weight excluding hydrogens is 256 g/mol. The van der Waals surface area contributed by atoms with Gasteiger partial charge in [0.05, 0.1) is 0 Å². The fraction of sp³-hybridized carbons (Fsp3) is 0.286. The van der Waals surface area contributed by atoms with Crippen LogP contribution < -0.4 is 5.73 Å². The molecule has 0 amide bonds. The van der Waals surface area contributed by atoms with E-state index < -0.39 is 0 Å². The maximum absolute atomic E-state index is 7.58. The highest BCUT2D eigenvalue weighted by Crippen LogP contribution is 2.25. The Morgan fingerprint density at radius 2 is 2.37 bits per heavy atom. The first-order valence-corrected chi connectivity index (χ1v) is 7.18. The lowest BCUT2D eigenvalue weighted by molar-refractivity contribution is 0.247. The van der Waals surface area contributed by atoms with Crippen molar-refractivity contribution in [2.24, 2.45) is 5.73 Å². The van der Waals surface area contributed by atoms with Crippen molar-refractivity contribution in [1.82, 2.24) is 9.88 Å². The zero-order valence-electron chi connectivity index (χ0n) is 10.6. The van der Waals surface area contributed by atoms with Crippen molar-refractivity contribution in [2.45, 2.75) is 19.5 Å². The quantitative estimate of drug-likeness (QED) is 0.663. The summed E-state index contributed by atoms with van der Waals surface area (Å²) >= 11 is 1.85. The average Bonchev–Trinajstić information content (AvgIpc) is 2.86. The normalized spacial score (nSPS) is 15.2. The van der Waals surface area contributed by atoms with E-state index in [2.05, 4.69) is 21.3 Å². The number of nitrogen functional groups attached to an aromatic ring is 1. The van der Waals surface area contributed by atoms with Crippen molar-refractivity contribution in [3.63, 3.8) is 0 Å². The molecule has 0 spiro atoms. The molecule has 4 nitrogen and oxygen atoms in total. The van der Waals surface area contributed by atoms with Gasteiger partial charge in [0.1, 0.15) is 11.5 Å². The number of amidine groups is 1. The van der Waals surface area contributed by atoms with Gasteiger partial charge in [0.25, 0.3) is 0 Å². The lowest BCUT2D eigenvalue weighted by atomic mass is 10.1. The second kappa shape index (κ2) is 5.11. The number of nitrogens with one attached hydrogen (secondary N) is 1. The van der Waals surface area contributed by atoms with Crippen LogP contribution in [0.3, 0.4) is 0 Å². The maximum Gasteiger partial charge on any atom is 0.142 e. The predicted octanol–water partition coefficient (Wildman–Crippen LogP) is 1.99. The van der Waals surface area contributed by atoms with Crippen molar-refractivity contribution < 1.29 is 0 Å².